The van der Waals surface area contributed by atoms with Crippen LogP contribution in [0, 0.1) is 5.82 Å². The van der Waals surface area contributed by atoms with Gasteiger partial charge in [-0.2, -0.15) is 0 Å². The summed E-state index contributed by atoms with van der Waals surface area (Å²) in [5.74, 6) is -0.151. The summed E-state index contributed by atoms with van der Waals surface area (Å²) >= 11 is 8.11. The molecule has 1 aromatic carbocycles. The minimum atomic E-state index is -0.151. The van der Waals surface area contributed by atoms with Gasteiger partial charge in [0, 0.05) is 14.7 Å². The van der Waals surface area contributed by atoms with E-state index in [2.05, 4.69) is 31.9 Å². The summed E-state index contributed by atoms with van der Waals surface area (Å²) in [4.78, 5) is 1.15. The van der Waals surface area contributed by atoms with Crippen LogP contribution < -0.4 is 0 Å². The second-order valence-electron chi connectivity index (χ2n) is 2.65. The Kier molecular flexibility index (Phi) is 2.72. The van der Waals surface area contributed by atoms with Crippen LogP contribution in [0.15, 0.2) is 22.7 Å². The molecule has 2 aromatic rings. The summed E-state index contributed by atoms with van der Waals surface area (Å²) in [6.45, 7) is 0. The van der Waals surface area contributed by atoms with Crippen molar-refractivity contribution in [3.05, 3.63) is 33.4 Å². The van der Waals surface area contributed by atoms with E-state index >= 15 is 0 Å². The van der Waals surface area contributed by atoms with Gasteiger partial charge in [-0.15, -0.1) is 11.3 Å². The molecule has 2 rings (SSSR count). The highest BCUT2D eigenvalue weighted by Gasteiger charge is 2.06. The van der Waals surface area contributed by atoms with Gasteiger partial charge in [-0.05, 0) is 23.6 Å². The van der Waals surface area contributed by atoms with Crippen LogP contribution in [0.5, 0.6) is 0 Å². The Hall–Kier alpha value is 0.0700. The number of alkyl halides is 1. The molecule has 0 aliphatic heterocycles. The maximum Gasteiger partial charge on any atom is 0.142 e. The predicted octanol–water partition coefficient (Wildman–Crippen LogP) is 4.70. The molecule has 0 atom stereocenters. The largest absolute Gasteiger partial charge is 0.205 e. The summed E-state index contributed by atoms with van der Waals surface area (Å²) in [5, 5.41) is 1.75. The Morgan fingerprint density at radius 1 is 1.31 bits per heavy atom. The average molecular weight is 324 g/mol. The molecule has 1 heterocycles. The van der Waals surface area contributed by atoms with Gasteiger partial charge in [0.25, 0.3) is 0 Å². The maximum atomic E-state index is 13.4. The molecular weight excluding hydrogens is 319 g/mol. The molecule has 0 amide bonds. The highest BCUT2D eigenvalue weighted by Crippen LogP contribution is 2.31. The third-order valence-electron chi connectivity index (χ3n) is 1.72. The standard InChI is InChI=1S/C9H5Br2FS/c10-4-7-2-5-1-6(11)3-8(12)9(5)13-7/h1-3H,4H2. The first-order valence-electron chi connectivity index (χ1n) is 3.64. The topological polar surface area (TPSA) is 0 Å². The van der Waals surface area contributed by atoms with Crippen molar-refractivity contribution >= 4 is 53.3 Å². The fourth-order valence-corrected chi connectivity index (χ4v) is 3.04. The number of hydrogen-bond acceptors (Lipinski definition) is 1. The zero-order valence-electron chi connectivity index (χ0n) is 6.48. The third kappa shape index (κ3) is 1.80. The van der Waals surface area contributed by atoms with Crippen molar-refractivity contribution in [3.63, 3.8) is 0 Å². The van der Waals surface area contributed by atoms with Gasteiger partial charge in [0.2, 0.25) is 0 Å². The van der Waals surface area contributed by atoms with Gasteiger partial charge in [0.15, 0.2) is 0 Å². The van der Waals surface area contributed by atoms with Gasteiger partial charge < -0.3 is 0 Å². The summed E-state index contributed by atoms with van der Waals surface area (Å²) in [6, 6.07) is 5.43. The SMILES string of the molecule is Fc1cc(Br)cc2cc(CBr)sc12. The van der Waals surface area contributed by atoms with Crippen molar-refractivity contribution in [2.75, 3.05) is 0 Å². The van der Waals surface area contributed by atoms with Gasteiger partial charge in [-0.1, -0.05) is 31.9 Å². The van der Waals surface area contributed by atoms with Crippen molar-refractivity contribution < 1.29 is 4.39 Å². The summed E-state index contributed by atoms with van der Waals surface area (Å²) < 4.78 is 14.9. The Morgan fingerprint density at radius 2 is 2.08 bits per heavy atom. The Labute approximate surface area is 96.0 Å². The summed E-state index contributed by atoms with van der Waals surface area (Å²) in [7, 11) is 0. The van der Waals surface area contributed by atoms with Crippen LogP contribution in [0.3, 0.4) is 0 Å². The van der Waals surface area contributed by atoms with Gasteiger partial charge >= 0.3 is 0 Å². The van der Waals surface area contributed by atoms with Crippen molar-refractivity contribution in [2.45, 2.75) is 5.33 Å². The lowest BCUT2D eigenvalue weighted by molar-refractivity contribution is 0.641. The number of benzene rings is 1. The van der Waals surface area contributed by atoms with E-state index in [0.29, 0.717) is 0 Å². The molecule has 1 aromatic heterocycles. The number of rotatable bonds is 1. The molecule has 0 saturated carbocycles. The zero-order valence-corrected chi connectivity index (χ0v) is 10.5. The van der Waals surface area contributed by atoms with Crippen molar-refractivity contribution in [2.24, 2.45) is 0 Å². The minimum absolute atomic E-state index is 0.151. The van der Waals surface area contributed by atoms with Crippen LogP contribution in [-0.4, -0.2) is 0 Å². The molecule has 68 valence electrons. The molecular formula is C9H5Br2FS. The van der Waals surface area contributed by atoms with Crippen LogP contribution in [0.25, 0.3) is 10.1 Å². The van der Waals surface area contributed by atoms with E-state index in [1.54, 1.807) is 0 Å². The van der Waals surface area contributed by atoms with E-state index in [9.17, 15) is 4.39 Å². The predicted molar refractivity (Wildman–Crippen MR) is 62.1 cm³/mol. The van der Waals surface area contributed by atoms with Crippen LogP contribution in [0.4, 0.5) is 4.39 Å². The van der Waals surface area contributed by atoms with Gasteiger partial charge in [0.05, 0.1) is 4.70 Å². The number of thiophene rings is 1. The lowest BCUT2D eigenvalue weighted by Gasteiger charge is -1.92. The minimum Gasteiger partial charge on any atom is -0.205 e. The second kappa shape index (κ2) is 3.67. The highest BCUT2D eigenvalue weighted by atomic mass is 79.9. The first kappa shape index (κ1) is 9.62. The molecule has 0 N–H and O–H groups in total. The maximum absolute atomic E-state index is 13.4. The molecule has 4 heteroatoms. The molecule has 0 spiro atoms. The smallest absolute Gasteiger partial charge is 0.142 e. The van der Waals surface area contributed by atoms with Crippen LogP contribution in [-0.2, 0) is 5.33 Å². The quantitative estimate of drug-likeness (QED) is 0.667. The molecule has 0 aliphatic carbocycles. The zero-order chi connectivity index (χ0) is 9.42. The highest BCUT2D eigenvalue weighted by molar-refractivity contribution is 9.10. The molecule has 0 fully saturated rings. The normalized spacial score (nSPS) is 11.0. The van der Waals surface area contributed by atoms with Gasteiger partial charge in [0.1, 0.15) is 5.82 Å². The van der Waals surface area contributed by atoms with Crippen molar-refractivity contribution in [1.29, 1.82) is 0 Å². The van der Waals surface area contributed by atoms with E-state index in [1.807, 2.05) is 12.1 Å². The lowest BCUT2D eigenvalue weighted by atomic mass is 10.2. The van der Waals surface area contributed by atoms with Crippen molar-refractivity contribution in [3.8, 4) is 0 Å². The van der Waals surface area contributed by atoms with Crippen LogP contribution >= 0.6 is 43.2 Å². The van der Waals surface area contributed by atoms with E-state index in [1.165, 1.54) is 17.4 Å². The number of hydrogen-bond donors (Lipinski definition) is 0. The number of halogens is 3. The molecule has 0 radical (unpaired) electrons. The molecule has 0 aliphatic rings. The molecule has 13 heavy (non-hydrogen) atoms. The fraction of sp³-hybridized carbons (Fsp3) is 0.111. The van der Waals surface area contributed by atoms with E-state index in [4.69, 9.17) is 0 Å². The van der Waals surface area contributed by atoms with Crippen LogP contribution in [0.1, 0.15) is 4.88 Å². The summed E-state index contributed by atoms with van der Waals surface area (Å²) in [5.41, 5.74) is 0. The van der Waals surface area contributed by atoms with Crippen LogP contribution in [0.2, 0.25) is 0 Å². The first-order valence-corrected chi connectivity index (χ1v) is 6.37. The third-order valence-corrected chi connectivity index (χ3v) is 4.31. The second-order valence-corrected chi connectivity index (χ2v) is 5.27. The fourth-order valence-electron chi connectivity index (χ4n) is 1.20. The molecule has 0 bridgehead atoms. The Morgan fingerprint density at radius 3 is 2.77 bits per heavy atom. The van der Waals surface area contributed by atoms with Gasteiger partial charge in [-0.25, -0.2) is 4.39 Å². The van der Waals surface area contributed by atoms with E-state index in [-0.39, 0.29) is 5.82 Å². The molecule has 0 nitrogen and oxygen atoms in total. The first-order chi connectivity index (χ1) is 6.20. The molecule has 0 saturated heterocycles. The Balaban J connectivity index is 2.75. The summed E-state index contributed by atoms with van der Waals surface area (Å²) in [6.07, 6.45) is 0. The molecule has 0 unspecified atom stereocenters. The lowest BCUT2D eigenvalue weighted by Crippen LogP contribution is -1.72. The Bertz CT molecular complexity index is 450. The van der Waals surface area contributed by atoms with E-state index in [0.717, 1.165) is 24.8 Å². The monoisotopic (exact) mass is 322 g/mol. The van der Waals surface area contributed by atoms with Crippen molar-refractivity contribution in [1.82, 2.24) is 0 Å². The van der Waals surface area contributed by atoms with Gasteiger partial charge in [-0.3, -0.25) is 0 Å². The number of fused-ring (bicyclic) bond motifs is 1. The van der Waals surface area contributed by atoms with E-state index < -0.39 is 0 Å². The average Bonchev–Trinajstić information content (AvgIpc) is 2.47.